The van der Waals surface area contributed by atoms with Crippen molar-refractivity contribution in [2.45, 2.75) is 24.5 Å². The maximum Gasteiger partial charge on any atom is 0.136 e. The second kappa shape index (κ2) is 3.46. The summed E-state index contributed by atoms with van der Waals surface area (Å²) in [4.78, 5) is 0. The summed E-state index contributed by atoms with van der Waals surface area (Å²) >= 11 is 0. The van der Waals surface area contributed by atoms with Crippen LogP contribution in [0.2, 0.25) is 0 Å². The van der Waals surface area contributed by atoms with Crippen LogP contribution in [0.5, 0.6) is 0 Å². The predicted octanol–water partition coefficient (Wildman–Crippen LogP) is -2.36. The van der Waals surface area contributed by atoms with Gasteiger partial charge in [0, 0.05) is 13.7 Å². The highest BCUT2D eigenvalue weighted by Crippen LogP contribution is 2.10. The van der Waals surface area contributed by atoms with Crippen LogP contribution in [0.1, 0.15) is 0 Å². The largest absolute Gasteiger partial charge is 0.389 e. The highest BCUT2D eigenvalue weighted by molar-refractivity contribution is 4.87. The topological polar surface area (TPSA) is 82.0 Å². The van der Waals surface area contributed by atoms with Gasteiger partial charge in [-0.25, -0.2) is 0 Å². The van der Waals surface area contributed by atoms with Gasteiger partial charge in [0.05, 0.1) is 6.10 Å². The lowest BCUT2D eigenvalue weighted by Gasteiger charge is -2.34. The van der Waals surface area contributed by atoms with E-state index in [2.05, 4.69) is 5.32 Å². The van der Waals surface area contributed by atoms with Crippen molar-refractivity contribution in [1.82, 2.24) is 5.32 Å². The first kappa shape index (κ1) is 8.89. The zero-order valence-corrected chi connectivity index (χ0v) is 6.27. The van der Waals surface area contributed by atoms with Gasteiger partial charge in [0.15, 0.2) is 0 Å². The van der Waals surface area contributed by atoms with E-state index in [1.807, 2.05) is 0 Å². The molecule has 1 heterocycles. The monoisotopic (exact) mass is 163 g/mol. The molecular formula is C6H13NO4. The number of rotatable bonds is 1. The van der Waals surface area contributed by atoms with Gasteiger partial charge in [-0.05, 0) is 0 Å². The minimum atomic E-state index is -1.12. The Kier molecular flexibility index (Phi) is 2.80. The van der Waals surface area contributed by atoms with Crippen LogP contribution >= 0.6 is 0 Å². The molecule has 1 rings (SSSR count). The number of hydrogen-bond donors (Lipinski definition) is 4. The van der Waals surface area contributed by atoms with Crippen LogP contribution in [0.3, 0.4) is 0 Å². The maximum atomic E-state index is 9.21. The van der Waals surface area contributed by atoms with Crippen LogP contribution in [0.15, 0.2) is 0 Å². The molecule has 11 heavy (non-hydrogen) atoms. The normalized spacial score (nSPS) is 45.8. The van der Waals surface area contributed by atoms with Gasteiger partial charge in [-0.1, -0.05) is 0 Å². The van der Waals surface area contributed by atoms with E-state index in [9.17, 15) is 5.11 Å². The first-order valence-corrected chi connectivity index (χ1v) is 3.47. The molecule has 0 aromatic carbocycles. The molecule has 5 heteroatoms. The molecule has 0 aliphatic carbocycles. The number of aliphatic hydroxyl groups excluding tert-OH is 3. The molecule has 1 aliphatic rings. The Morgan fingerprint density at radius 2 is 1.91 bits per heavy atom. The van der Waals surface area contributed by atoms with Crippen molar-refractivity contribution in [2.75, 3.05) is 13.7 Å². The van der Waals surface area contributed by atoms with Crippen molar-refractivity contribution >= 4 is 0 Å². The zero-order chi connectivity index (χ0) is 8.43. The van der Waals surface area contributed by atoms with E-state index >= 15 is 0 Å². The lowest BCUT2D eigenvalue weighted by molar-refractivity contribution is -0.149. The van der Waals surface area contributed by atoms with Gasteiger partial charge in [0.25, 0.3) is 0 Å². The molecule has 0 amide bonds. The van der Waals surface area contributed by atoms with E-state index in [4.69, 9.17) is 14.9 Å². The number of β-amino-alcohol motifs (C(OH)–C–C–N with tert-alkyl or cyclic N) is 1. The quantitative estimate of drug-likeness (QED) is 0.348. The van der Waals surface area contributed by atoms with Crippen molar-refractivity contribution in [3.8, 4) is 0 Å². The Labute approximate surface area is 64.6 Å². The first-order chi connectivity index (χ1) is 5.16. The second-order valence-electron chi connectivity index (χ2n) is 2.61. The van der Waals surface area contributed by atoms with Gasteiger partial charge in [0.2, 0.25) is 0 Å². The predicted molar refractivity (Wildman–Crippen MR) is 36.8 cm³/mol. The van der Waals surface area contributed by atoms with E-state index in [-0.39, 0.29) is 6.54 Å². The molecule has 1 fully saturated rings. The summed E-state index contributed by atoms with van der Waals surface area (Å²) in [5.74, 6) is 0. The van der Waals surface area contributed by atoms with Crippen molar-refractivity contribution in [1.29, 1.82) is 0 Å². The van der Waals surface area contributed by atoms with Gasteiger partial charge in [-0.15, -0.1) is 0 Å². The smallest absolute Gasteiger partial charge is 0.136 e. The van der Waals surface area contributed by atoms with E-state index < -0.39 is 24.5 Å². The van der Waals surface area contributed by atoms with Gasteiger partial charge in [-0.3, -0.25) is 5.32 Å². The highest BCUT2D eigenvalue weighted by Gasteiger charge is 2.36. The van der Waals surface area contributed by atoms with Crippen molar-refractivity contribution in [3.05, 3.63) is 0 Å². The number of aliphatic hydroxyl groups is 3. The summed E-state index contributed by atoms with van der Waals surface area (Å²) < 4.78 is 4.79. The SMILES string of the molecule is COC1NCC(O)[C@@H](O)C1O. The third-order valence-electron chi connectivity index (χ3n) is 1.84. The Morgan fingerprint density at radius 1 is 1.27 bits per heavy atom. The fourth-order valence-electron chi connectivity index (χ4n) is 1.11. The Morgan fingerprint density at radius 3 is 2.45 bits per heavy atom. The van der Waals surface area contributed by atoms with Gasteiger partial charge >= 0.3 is 0 Å². The van der Waals surface area contributed by atoms with Crippen LogP contribution in [-0.4, -0.2) is 53.5 Å². The molecular weight excluding hydrogens is 150 g/mol. The number of ether oxygens (including phenoxy) is 1. The first-order valence-electron chi connectivity index (χ1n) is 3.47. The summed E-state index contributed by atoms with van der Waals surface area (Å²) in [6.45, 7) is 0.233. The summed E-state index contributed by atoms with van der Waals surface area (Å²) in [6, 6.07) is 0. The summed E-state index contributed by atoms with van der Waals surface area (Å²) in [5.41, 5.74) is 0. The Balaban J connectivity index is 2.52. The zero-order valence-electron chi connectivity index (χ0n) is 6.27. The average Bonchev–Trinajstić information content (AvgIpc) is 2.01. The molecule has 1 saturated heterocycles. The molecule has 0 aromatic rings. The fraction of sp³-hybridized carbons (Fsp3) is 1.00. The average molecular weight is 163 g/mol. The maximum absolute atomic E-state index is 9.21. The van der Waals surface area contributed by atoms with E-state index in [1.54, 1.807) is 0 Å². The third-order valence-corrected chi connectivity index (χ3v) is 1.84. The standard InChI is InChI=1S/C6H13NO4/c1-11-6-5(10)4(9)3(8)2-7-6/h3-10H,2H2,1H3/t3?,4-,5?,6?/m1/s1. The minimum Gasteiger partial charge on any atom is -0.389 e. The van der Waals surface area contributed by atoms with Crippen molar-refractivity contribution in [3.63, 3.8) is 0 Å². The molecule has 3 unspecified atom stereocenters. The minimum absolute atomic E-state index is 0.233. The molecule has 0 aromatic heterocycles. The van der Waals surface area contributed by atoms with Gasteiger partial charge < -0.3 is 20.1 Å². The molecule has 0 spiro atoms. The van der Waals surface area contributed by atoms with E-state index in [0.29, 0.717) is 0 Å². The van der Waals surface area contributed by atoms with Crippen LogP contribution in [0.25, 0.3) is 0 Å². The number of nitrogens with one attached hydrogen (secondary N) is 1. The van der Waals surface area contributed by atoms with Crippen molar-refractivity contribution < 1.29 is 20.1 Å². The lowest BCUT2D eigenvalue weighted by atomic mass is 10.0. The van der Waals surface area contributed by atoms with Crippen molar-refractivity contribution in [2.24, 2.45) is 0 Å². The Hall–Kier alpha value is -0.200. The molecule has 66 valence electrons. The lowest BCUT2D eigenvalue weighted by Crippen LogP contribution is -2.60. The van der Waals surface area contributed by atoms with Crippen LogP contribution in [0.4, 0.5) is 0 Å². The number of methoxy groups -OCH3 is 1. The van der Waals surface area contributed by atoms with Gasteiger partial charge in [-0.2, -0.15) is 0 Å². The Bertz CT molecular complexity index is 130. The van der Waals surface area contributed by atoms with Crippen LogP contribution in [-0.2, 0) is 4.74 Å². The van der Waals surface area contributed by atoms with Crippen LogP contribution < -0.4 is 5.32 Å². The third kappa shape index (κ3) is 1.69. The van der Waals surface area contributed by atoms with Gasteiger partial charge in [0.1, 0.15) is 18.4 Å². The second-order valence-corrected chi connectivity index (χ2v) is 2.61. The number of hydrogen-bond acceptors (Lipinski definition) is 5. The molecule has 1 aliphatic heterocycles. The molecule has 4 atom stereocenters. The van der Waals surface area contributed by atoms with E-state index in [0.717, 1.165) is 0 Å². The molecule has 0 saturated carbocycles. The summed E-state index contributed by atoms with van der Waals surface area (Å²) in [6.07, 6.45) is -3.70. The van der Waals surface area contributed by atoms with E-state index in [1.165, 1.54) is 7.11 Å². The highest BCUT2D eigenvalue weighted by atomic mass is 16.5. The van der Waals surface area contributed by atoms with Crippen LogP contribution in [0, 0.1) is 0 Å². The fourth-order valence-corrected chi connectivity index (χ4v) is 1.11. The molecule has 0 bridgehead atoms. The molecule has 5 nitrogen and oxygen atoms in total. The summed E-state index contributed by atoms with van der Waals surface area (Å²) in [7, 11) is 1.42. The molecule has 0 radical (unpaired) electrons. The summed E-state index contributed by atoms with van der Waals surface area (Å²) in [5, 5.41) is 30.1. The molecule has 4 N–H and O–H groups in total. The number of piperidine rings is 1.